The van der Waals surface area contributed by atoms with Crippen molar-refractivity contribution in [1.29, 1.82) is 0 Å². The van der Waals surface area contributed by atoms with Crippen LogP contribution in [0.1, 0.15) is 26.3 Å². The number of hydrogen-bond donors (Lipinski definition) is 2. The number of rotatable bonds is 8. The minimum Gasteiger partial charge on any atom is -0.490 e. The number of alkyl halides is 6. The summed E-state index contributed by atoms with van der Waals surface area (Å²) in [5, 5.41) is -0.356. The number of carbonyl (C=O) groups excluding carboxylic acids is 1. The van der Waals surface area contributed by atoms with Crippen molar-refractivity contribution in [1.82, 2.24) is 0 Å². The number of methoxy groups -OCH3 is 1. The molecule has 0 radical (unpaired) electrons. The Hall–Kier alpha value is -2.70. The zero-order valence-corrected chi connectivity index (χ0v) is 20.2. The second-order valence-electron chi connectivity index (χ2n) is 7.42. The number of ether oxygens (including phenoxy) is 2. The van der Waals surface area contributed by atoms with Crippen LogP contribution in [-0.4, -0.2) is 39.1 Å². The van der Waals surface area contributed by atoms with E-state index in [9.17, 15) is 26.3 Å². The molecular formula is C22H26ClF6N2O4+. The lowest BCUT2D eigenvalue weighted by Crippen LogP contribution is -2.76. The third-order valence-electron chi connectivity index (χ3n) is 5.13. The Kier molecular flexibility index (Phi) is 10.2. The molecule has 2 atom stereocenters. The van der Waals surface area contributed by atoms with Gasteiger partial charge < -0.3 is 15.2 Å². The molecule has 196 valence electrons. The van der Waals surface area contributed by atoms with Crippen LogP contribution in [0.25, 0.3) is 11.1 Å². The number of primary amides is 1. The Balaban J connectivity index is 0.00000194. The summed E-state index contributed by atoms with van der Waals surface area (Å²) in [6.45, 7) is 1.51. The summed E-state index contributed by atoms with van der Waals surface area (Å²) >= 11 is 6.31. The van der Waals surface area contributed by atoms with Crippen LogP contribution in [0.4, 0.5) is 32.0 Å². The van der Waals surface area contributed by atoms with E-state index in [1.807, 2.05) is 0 Å². The molecule has 35 heavy (non-hydrogen) atoms. The first-order valence-corrected chi connectivity index (χ1v) is 10.3. The molecule has 0 fully saturated rings. The molecule has 2 aromatic carbocycles. The molecule has 0 saturated heterocycles. The Morgan fingerprint density at radius 3 is 2.11 bits per heavy atom. The molecule has 0 heterocycles. The maximum Gasteiger partial charge on any atom is 0.403 e. The largest absolute Gasteiger partial charge is 0.490 e. The number of benzene rings is 2. The summed E-state index contributed by atoms with van der Waals surface area (Å²) in [4.78, 5) is 13.6. The summed E-state index contributed by atoms with van der Waals surface area (Å²) in [5.41, 5.74) is 1.69. The number of para-hydroxylation sites is 1. The fraction of sp³-hybridized carbons (Fsp3) is 0.409. The van der Waals surface area contributed by atoms with Crippen molar-refractivity contribution in [3.63, 3.8) is 0 Å². The van der Waals surface area contributed by atoms with E-state index in [2.05, 4.69) is 5.73 Å². The lowest BCUT2D eigenvalue weighted by Gasteiger charge is -2.38. The summed E-state index contributed by atoms with van der Waals surface area (Å²) < 4.78 is 94.2. The number of quaternary nitrogens is 1. The molecule has 0 spiro atoms. The highest BCUT2D eigenvalue weighted by molar-refractivity contribution is 6.34. The van der Waals surface area contributed by atoms with Gasteiger partial charge in [0.05, 0.1) is 19.2 Å². The van der Waals surface area contributed by atoms with Crippen LogP contribution in [0.5, 0.6) is 11.5 Å². The third kappa shape index (κ3) is 6.50. The van der Waals surface area contributed by atoms with Gasteiger partial charge in [-0.1, -0.05) is 17.7 Å². The van der Waals surface area contributed by atoms with E-state index in [0.717, 1.165) is 19.1 Å². The van der Waals surface area contributed by atoms with Crippen molar-refractivity contribution in [2.45, 2.75) is 44.6 Å². The number of halogens is 7. The van der Waals surface area contributed by atoms with Gasteiger partial charge in [0, 0.05) is 31.0 Å². The fourth-order valence-corrected chi connectivity index (χ4v) is 3.58. The lowest BCUT2D eigenvalue weighted by atomic mass is 9.76. The van der Waals surface area contributed by atoms with Crippen LogP contribution in [-0.2, 0) is 15.0 Å². The maximum absolute atomic E-state index is 14.2. The number of amides is 1. The molecule has 0 saturated carbocycles. The predicted molar refractivity (Wildman–Crippen MR) is 118 cm³/mol. The van der Waals surface area contributed by atoms with Gasteiger partial charge >= 0.3 is 6.18 Å². The van der Waals surface area contributed by atoms with E-state index >= 15 is 0 Å². The van der Waals surface area contributed by atoms with Gasteiger partial charge in [0.15, 0.2) is 11.2 Å². The van der Waals surface area contributed by atoms with Crippen molar-refractivity contribution in [3.8, 4) is 22.6 Å². The van der Waals surface area contributed by atoms with Crippen LogP contribution in [0.15, 0.2) is 30.3 Å². The van der Waals surface area contributed by atoms with Gasteiger partial charge in [0.1, 0.15) is 5.75 Å². The van der Waals surface area contributed by atoms with Gasteiger partial charge in [-0.25, -0.2) is 18.0 Å². The first kappa shape index (κ1) is 30.3. The quantitative estimate of drug-likeness (QED) is 0.216. The molecule has 2 rings (SSSR count). The Morgan fingerprint density at radius 1 is 1.11 bits per heavy atom. The average Bonchev–Trinajstić information content (AvgIpc) is 2.71. The van der Waals surface area contributed by atoms with Crippen molar-refractivity contribution >= 4 is 23.7 Å². The first-order valence-electron chi connectivity index (χ1n) is 9.88. The van der Waals surface area contributed by atoms with Gasteiger partial charge in [-0.05, 0) is 30.7 Å². The topological polar surface area (TPSA) is 87.4 Å². The molecule has 4 N–H and O–H groups in total. The van der Waals surface area contributed by atoms with E-state index in [-0.39, 0.29) is 35.2 Å². The third-order valence-corrected chi connectivity index (χ3v) is 5.43. The van der Waals surface area contributed by atoms with Crippen LogP contribution in [0, 0.1) is 0 Å². The summed E-state index contributed by atoms with van der Waals surface area (Å²) in [7, 11) is 2.74. The van der Waals surface area contributed by atoms with E-state index in [0.29, 0.717) is 12.6 Å². The van der Waals surface area contributed by atoms with E-state index in [1.54, 1.807) is 12.1 Å². The fourth-order valence-electron chi connectivity index (χ4n) is 3.26. The van der Waals surface area contributed by atoms with Gasteiger partial charge in [-0.3, -0.25) is 4.79 Å². The van der Waals surface area contributed by atoms with Crippen molar-refractivity contribution in [2.24, 2.45) is 5.73 Å². The smallest absolute Gasteiger partial charge is 0.403 e. The second kappa shape index (κ2) is 11.8. The highest BCUT2D eigenvalue weighted by Crippen LogP contribution is 2.54. The molecule has 6 nitrogen and oxygen atoms in total. The number of carbonyl (C=O) groups is 1. The molecule has 0 aliphatic carbocycles. The van der Waals surface area contributed by atoms with Crippen molar-refractivity contribution in [2.75, 3.05) is 14.2 Å². The molecule has 0 aromatic heterocycles. The van der Waals surface area contributed by atoms with Crippen LogP contribution in [0.3, 0.4) is 0 Å². The van der Waals surface area contributed by atoms with Gasteiger partial charge in [-0.15, -0.1) is 0 Å². The van der Waals surface area contributed by atoms with Crippen molar-refractivity contribution < 1.29 is 50.9 Å². The molecule has 0 bridgehead atoms. The van der Waals surface area contributed by atoms with Crippen molar-refractivity contribution in [3.05, 3.63) is 40.9 Å². The number of hydrogen-bond acceptors (Lipinski definition) is 4. The highest BCUT2D eigenvalue weighted by atomic mass is 35.5. The molecular weight excluding hydrogens is 506 g/mol. The molecule has 13 heteroatoms. The maximum atomic E-state index is 14.2. The van der Waals surface area contributed by atoms with Gasteiger partial charge in [0.2, 0.25) is 18.5 Å². The lowest BCUT2D eigenvalue weighted by molar-refractivity contribution is -0.830. The Bertz CT molecular complexity index is 999. The zero-order valence-electron chi connectivity index (χ0n) is 19.5. The highest BCUT2D eigenvalue weighted by Gasteiger charge is 2.65. The molecule has 2 unspecified atom stereocenters. The second-order valence-corrected chi connectivity index (χ2v) is 7.83. The zero-order chi connectivity index (χ0) is 27.2. The summed E-state index contributed by atoms with van der Waals surface area (Å²) in [5.74, 6) is -4.46. The molecule has 1 amide bonds. The minimum absolute atomic E-state index is 0.0212. The normalized spacial score (nSPS) is 14.3. The predicted octanol–water partition coefficient (Wildman–Crippen LogP) is 5.04. The van der Waals surface area contributed by atoms with Crippen LogP contribution >= 0.6 is 11.6 Å². The summed E-state index contributed by atoms with van der Waals surface area (Å²) in [6, 6.07) is 6.23. The Morgan fingerprint density at radius 2 is 1.69 bits per heavy atom. The molecule has 0 aliphatic rings. The van der Waals surface area contributed by atoms with Gasteiger partial charge in [-0.2, -0.15) is 18.7 Å². The molecule has 2 aromatic rings. The van der Waals surface area contributed by atoms with Crippen LogP contribution < -0.4 is 20.7 Å². The SMILES string of the molecule is CO[NH2+]c1cccc(-c2c(Cl)cc(C(C)(C(C)(F)F)C(F)(F)F)cc2OC(C)F)c1OC.NC=O. The Labute approximate surface area is 203 Å². The monoisotopic (exact) mass is 531 g/mol. The number of nitrogens with two attached hydrogens (primary N) is 2. The summed E-state index contributed by atoms with van der Waals surface area (Å²) in [6.07, 6.45) is -7.07. The average molecular weight is 532 g/mol. The minimum atomic E-state index is -5.35. The van der Waals surface area contributed by atoms with E-state index in [1.165, 1.54) is 25.8 Å². The standard InChI is InChI=1S/C21H22ClF6NO3.CH3NO/c1-11(23)32-16-10-12(19(2,20(3,24)25)21(26,27)28)9-14(22)17(16)13-7-6-8-15(29-31-5)18(13)30-4;2-1-3/h6-11,29H,1-5H3;1H,(H2,2,3)/p+1. The molecule has 0 aliphatic heterocycles. The van der Waals surface area contributed by atoms with Gasteiger partial charge in [0.25, 0.3) is 5.92 Å². The van der Waals surface area contributed by atoms with E-state index < -0.39 is 35.2 Å². The van der Waals surface area contributed by atoms with Crippen LogP contribution in [0.2, 0.25) is 5.02 Å². The first-order chi connectivity index (χ1) is 16.1. The van der Waals surface area contributed by atoms with E-state index in [4.69, 9.17) is 30.7 Å².